The lowest BCUT2D eigenvalue weighted by Crippen LogP contribution is -2.33. The van der Waals surface area contributed by atoms with E-state index in [9.17, 15) is 21.6 Å². The molecule has 0 N–H and O–H groups in total. The Hall–Kier alpha value is -2.10. The van der Waals surface area contributed by atoms with E-state index in [-0.39, 0.29) is 11.8 Å². The third kappa shape index (κ3) is 3.27. The van der Waals surface area contributed by atoms with Crippen LogP contribution in [0.2, 0.25) is 0 Å². The second-order valence-electron chi connectivity index (χ2n) is 6.66. The largest absolute Gasteiger partial charge is 0.534 e. The van der Waals surface area contributed by atoms with Gasteiger partial charge in [-0.05, 0) is 65.2 Å². The van der Waals surface area contributed by atoms with Crippen molar-refractivity contribution in [3.8, 4) is 5.75 Å². The summed E-state index contributed by atoms with van der Waals surface area (Å²) in [5.74, 6) is -0.339. The van der Waals surface area contributed by atoms with E-state index in [1.54, 1.807) is 17.4 Å². The van der Waals surface area contributed by atoms with Gasteiger partial charge >= 0.3 is 15.6 Å². The van der Waals surface area contributed by atoms with Gasteiger partial charge in [-0.3, -0.25) is 4.90 Å². The average molecular weight is 427 g/mol. The molecule has 1 aromatic heterocycles. The maximum absolute atomic E-state index is 12.7. The number of hydrogen-bond acceptors (Lipinski definition) is 5. The Labute approximate surface area is 164 Å². The molecule has 1 atom stereocenters. The summed E-state index contributed by atoms with van der Waals surface area (Å²) in [5, 5.41) is 3.07. The molecule has 0 bridgehead atoms. The fourth-order valence-electron chi connectivity index (χ4n) is 3.61. The van der Waals surface area contributed by atoms with E-state index in [1.807, 2.05) is 36.7 Å². The first kappa shape index (κ1) is 19.2. The molecule has 2 heterocycles. The maximum Gasteiger partial charge on any atom is 0.534 e. The lowest BCUT2D eigenvalue weighted by Gasteiger charge is -2.35. The van der Waals surface area contributed by atoms with Crippen molar-refractivity contribution < 1.29 is 25.8 Å². The van der Waals surface area contributed by atoms with Gasteiger partial charge in [0, 0.05) is 11.2 Å². The van der Waals surface area contributed by atoms with Crippen molar-refractivity contribution in [3.05, 3.63) is 64.5 Å². The third-order valence-corrected chi connectivity index (χ3v) is 6.76. The maximum atomic E-state index is 12.7. The molecule has 0 radical (unpaired) electrons. The molecule has 28 heavy (non-hydrogen) atoms. The van der Waals surface area contributed by atoms with Crippen LogP contribution >= 0.6 is 11.3 Å². The van der Waals surface area contributed by atoms with Gasteiger partial charge in [0.2, 0.25) is 0 Å². The Bertz CT molecular complexity index is 1140. The fourth-order valence-corrected chi connectivity index (χ4v) is 4.88. The molecule has 0 spiro atoms. The van der Waals surface area contributed by atoms with Crippen LogP contribution in [0.1, 0.15) is 22.7 Å². The van der Waals surface area contributed by atoms with Gasteiger partial charge in [0.15, 0.2) is 0 Å². The van der Waals surface area contributed by atoms with Crippen LogP contribution in [-0.4, -0.2) is 32.4 Å². The predicted octanol–water partition coefficient (Wildman–Crippen LogP) is 4.71. The van der Waals surface area contributed by atoms with Gasteiger partial charge < -0.3 is 4.18 Å². The van der Waals surface area contributed by atoms with Gasteiger partial charge in [0.05, 0.1) is 6.04 Å². The van der Waals surface area contributed by atoms with Crippen LogP contribution in [0.5, 0.6) is 5.75 Å². The minimum absolute atomic E-state index is 0.209. The van der Waals surface area contributed by atoms with Crippen LogP contribution in [0.15, 0.2) is 47.8 Å². The van der Waals surface area contributed by atoms with Crippen molar-refractivity contribution in [2.45, 2.75) is 18.0 Å². The molecular formula is C19H16F3NO3S2. The molecule has 1 aliphatic rings. The monoisotopic (exact) mass is 427 g/mol. The van der Waals surface area contributed by atoms with Gasteiger partial charge in [-0.15, -0.1) is 11.3 Å². The highest BCUT2D eigenvalue weighted by Gasteiger charge is 2.48. The number of benzene rings is 2. The lowest BCUT2D eigenvalue weighted by molar-refractivity contribution is -0.0500. The summed E-state index contributed by atoms with van der Waals surface area (Å²) >= 11 is 1.61. The number of likely N-dealkylation sites (N-methyl/N-ethyl adjacent to an activating group) is 1. The molecule has 0 fully saturated rings. The number of hydrogen-bond donors (Lipinski definition) is 0. The molecule has 148 valence electrons. The number of alkyl halides is 3. The highest BCUT2D eigenvalue weighted by molar-refractivity contribution is 7.88. The lowest BCUT2D eigenvalue weighted by atomic mass is 9.87. The quantitative estimate of drug-likeness (QED) is 0.449. The standard InChI is InChI=1S/C19H16F3NO3S2/c1-23-9-7-12-5-6-13(26-28(24,25)19(20,21)22)11-16(12)18(23)15-3-2-4-17-14(15)8-10-27-17/h2-6,8,10-11,18H,7,9H2,1H3. The highest BCUT2D eigenvalue weighted by atomic mass is 32.2. The summed E-state index contributed by atoms with van der Waals surface area (Å²) in [5.41, 5.74) is -2.73. The van der Waals surface area contributed by atoms with Crippen molar-refractivity contribution in [1.29, 1.82) is 0 Å². The van der Waals surface area contributed by atoms with E-state index in [0.717, 1.165) is 33.3 Å². The molecule has 0 saturated heterocycles. The smallest absolute Gasteiger partial charge is 0.376 e. The molecular weight excluding hydrogens is 411 g/mol. The van der Waals surface area contributed by atoms with Gasteiger partial charge in [-0.1, -0.05) is 18.2 Å². The van der Waals surface area contributed by atoms with E-state index in [0.29, 0.717) is 6.42 Å². The molecule has 4 rings (SSSR count). The SMILES string of the molecule is CN1CCc2ccc(OS(=O)(=O)C(F)(F)F)cc2C1c1cccc2sccc12. The summed E-state index contributed by atoms with van der Waals surface area (Å²) in [6.07, 6.45) is 0.717. The second-order valence-corrected chi connectivity index (χ2v) is 9.14. The molecule has 0 saturated carbocycles. The van der Waals surface area contributed by atoms with E-state index in [4.69, 9.17) is 0 Å². The Morgan fingerprint density at radius 1 is 1.14 bits per heavy atom. The molecule has 0 aliphatic carbocycles. The van der Waals surface area contributed by atoms with Crippen LogP contribution in [0.3, 0.4) is 0 Å². The molecule has 0 amide bonds. The Kier molecular flexibility index (Phi) is 4.64. The van der Waals surface area contributed by atoms with Crippen molar-refractivity contribution >= 4 is 31.5 Å². The predicted molar refractivity (Wildman–Crippen MR) is 102 cm³/mol. The van der Waals surface area contributed by atoms with E-state index < -0.39 is 15.6 Å². The summed E-state index contributed by atoms with van der Waals surface area (Å²) in [4.78, 5) is 2.11. The normalized spacial score (nSPS) is 18.2. The first-order chi connectivity index (χ1) is 13.2. The van der Waals surface area contributed by atoms with Crippen LogP contribution < -0.4 is 4.18 Å². The Balaban J connectivity index is 1.81. The van der Waals surface area contributed by atoms with Crippen molar-refractivity contribution in [3.63, 3.8) is 0 Å². The Morgan fingerprint density at radius 3 is 2.68 bits per heavy atom. The molecule has 2 aromatic carbocycles. The van der Waals surface area contributed by atoms with Crippen LogP contribution in [0.4, 0.5) is 13.2 Å². The zero-order valence-electron chi connectivity index (χ0n) is 14.7. The topological polar surface area (TPSA) is 46.6 Å². The Morgan fingerprint density at radius 2 is 1.93 bits per heavy atom. The number of halogens is 3. The molecule has 1 unspecified atom stereocenters. The number of fused-ring (bicyclic) bond motifs is 2. The van der Waals surface area contributed by atoms with Crippen molar-refractivity contribution in [2.75, 3.05) is 13.6 Å². The molecule has 9 heteroatoms. The number of thiophene rings is 1. The summed E-state index contributed by atoms with van der Waals surface area (Å²) in [7, 11) is -3.77. The van der Waals surface area contributed by atoms with Crippen LogP contribution in [0.25, 0.3) is 10.1 Å². The summed E-state index contributed by atoms with van der Waals surface area (Å²) < 4.78 is 66.3. The molecule has 4 nitrogen and oxygen atoms in total. The van der Waals surface area contributed by atoms with Crippen molar-refractivity contribution in [1.82, 2.24) is 4.90 Å². The van der Waals surface area contributed by atoms with Gasteiger partial charge in [-0.2, -0.15) is 21.6 Å². The second kappa shape index (κ2) is 6.75. The fraction of sp³-hybridized carbons (Fsp3) is 0.263. The van der Waals surface area contributed by atoms with Crippen molar-refractivity contribution in [2.24, 2.45) is 0 Å². The first-order valence-corrected chi connectivity index (χ1v) is 10.8. The average Bonchev–Trinajstić information content (AvgIpc) is 3.09. The van der Waals surface area contributed by atoms with Gasteiger partial charge in [0.25, 0.3) is 0 Å². The number of rotatable bonds is 3. The van der Waals surface area contributed by atoms with Gasteiger partial charge in [0.1, 0.15) is 5.75 Å². The third-order valence-electron chi connectivity index (χ3n) is 4.90. The van der Waals surface area contributed by atoms with Crippen LogP contribution in [-0.2, 0) is 16.5 Å². The van der Waals surface area contributed by atoms with E-state index in [1.165, 1.54) is 12.1 Å². The number of nitrogens with zero attached hydrogens (tertiary/aromatic N) is 1. The zero-order chi connectivity index (χ0) is 20.1. The van der Waals surface area contributed by atoms with Gasteiger partial charge in [-0.25, -0.2) is 0 Å². The minimum atomic E-state index is -5.71. The summed E-state index contributed by atoms with van der Waals surface area (Å²) in [6.45, 7) is 0.777. The first-order valence-electron chi connectivity index (χ1n) is 8.47. The highest BCUT2D eigenvalue weighted by Crippen LogP contribution is 2.40. The minimum Gasteiger partial charge on any atom is -0.376 e. The van der Waals surface area contributed by atoms with E-state index >= 15 is 0 Å². The molecule has 1 aliphatic heterocycles. The summed E-state index contributed by atoms with van der Waals surface area (Å²) in [6, 6.07) is 12.1. The van der Waals surface area contributed by atoms with E-state index in [2.05, 4.69) is 9.08 Å². The van der Waals surface area contributed by atoms with Crippen LogP contribution in [0, 0.1) is 0 Å². The zero-order valence-corrected chi connectivity index (χ0v) is 16.4. The molecule has 3 aromatic rings.